The Hall–Kier alpha value is -2.42. The molecule has 0 atom stereocenters. The van der Waals surface area contributed by atoms with Crippen LogP contribution in [0.1, 0.15) is 11.3 Å². The fraction of sp³-hybridized carbons (Fsp3) is 0.100. The third kappa shape index (κ3) is 3.07. The summed E-state index contributed by atoms with van der Waals surface area (Å²) in [7, 11) is 0. The molecule has 0 saturated carbocycles. The summed E-state index contributed by atoms with van der Waals surface area (Å²) in [6.45, 7) is 1.71. The largest absolute Gasteiger partial charge is 0.409 e. The number of hydrogen-bond donors (Lipinski definition) is 3. The fourth-order valence-corrected chi connectivity index (χ4v) is 2.23. The van der Waals surface area contributed by atoms with Gasteiger partial charge >= 0.3 is 0 Å². The van der Waals surface area contributed by atoms with E-state index in [1.165, 1.54) is 12.3 Å². The van der Waals surface area contributed by atoms with Gasteiger partial charge in [-0.1, -0.05) is 5.16 Å². The summed E-state index contributed by atoms with van der Waals surface area (Å²) < 4.78 is 0. The van der Waals surface area contributed by atoms with Crippen LogP contribution in [0.25, 0.3) is 0 Å². The Labute approximate surface area is 111 Å². The smallest absolute Gasteiger partial charge is 0.251 e. The number of nitrogens with zero attached hydrogens (tertiary/aromatic N) is 4. The molecule has 2 aromatic rings. The molecule has 0 aromatic carbocycles. The van der Waals surface area contributed by atoms with E-state index in [4.69, 9.17) is 10.9 Å². The SMILES string of the molecule is Cc1cc(=O)[nH]c(Sc2nnccc2/C(N)=N/O)n1. The van der Waals surface area contributed by atoms with Gasteiger partial charge in [0.25, 0.3) is 5.56 Å². The molecule has 9 heteroatoms. The van der Waals surface area contributed by atoms with E-state index in [1.54, 1.807) is 13.0 Å². The van der Waals surface area contributed by atoms with E-state index < -0.39 is 0 Å². The van der Waals surface area contributed by atoms with E-state index in [0.29, 0.717) is 21.4 Å². The number of amidine groups is 1. The molecule has 0 bridgehead atoms. The van der Waals surface area contributed by atoms with Crippen molar-refractivity contribution in [3.05, 3.63) is 39.9 Å². The zero-order chi connectivity index (χ0) is 13.8. The Morgan fingerprint density at radius 2 is 2.37 bits per heavy atom. The first-order valence-electron chi connectivity index (χ1n) is 5.15. The molecular weight excluding hydrogens is 268 g/mol. The number of nitrogens with two attached hydrogens (primary N) is 1. The van der Waals surface area contributed by atoms with Crippen LogP contribution in [0, 0.1) is 6.92 Å². The van der Waals surface area contributed by atoms with Gasteiger partial charge in [-0.2, -0.15) is 5.10 Å². The summed E-state index contributed by atoms with van der Waals surface area (Å²) in [5.41, 5.74) is 6.27. The summed E-state index contributed by atoms with van der Waals surface area (Å²) in [6.07, 6.45) is 1.42. The van der Waals surface area contributed by atoms with Crippen LogP contribution in [0.4, 0.5) is 0 Å². The zero-order valence-electron chi connectivity index (χ0n) is 9.86. The lowest BCUT2D eigenvalue weighted by atomic mass is 10.3. The normalized spacial score (nSPS) is 11.5. The lowest BCUT2D eigenvalue weighted by Crippen LogP contribution is -2.15. The number of aromatic nitrogens is 4. The molecule has 0 aliphatic heterocycles. The van der Waals surface area contributed by atoms with Crippen molar-refractivity contribution in [2.24, 2.45) is 10.9 Å². The monoisotopic (exact) mass is 278 g/mol. The Kier molecular flexibility index (Phi) is 3.76. The first-order valence-corrected chi connectivity index (χ1v) is 5.97. The lowest BCUT2D eigenvalue weighted by Gasteiger charge is -2.05. The van der Waals surface area contributed by atoms with Crippen molar-refractivity contribution < 1.29 is 5.21 Å². The van der Waals surface area contributed by atoms with E-state index in [-0.39, 0.29) is 11.4 Å². The molecule has 0 aliphatic rings. The quantitative estimate of drug-likeness (QED) is 0.239. The van der Waals surface area contributed by atoms with Crippen LogP contribution in [0.3, 0.4) is 0 Å². The van der Waals surface area contributed by atoms with Gasteiger partial charge in [0.05, 0.1) is 11.8 Å². The summed E-state index contributed by atoms with van der Waals surface area (Å²) >= 11 is 1.07. The minimum Gasteiger partial charge on any atom is -0.409 e. The molecular formula is C10H10N6O2S. The van der Waals surface area contributed by atoms with Gasteiger partial charge in [-0.05, 0) is 24.8 Å². The highest BCUT2D eigenvalue weighted by Crippen LogP contribution is 2.24. The Balaban J connectivity index is 2.41. The molecule has 0 spiro atoms. The van der Waals surface area contributed by atoms with Crippen molar-refractivity contribution in [2.75, 3.05) is 0 Å². The molecule has 0 saturated heterocycles. The predicted octanol–water partition coefficient (Wildman–Crippen LogP) is 0.114. The second-order valence-corrected chi connectivity index (χ2v) is 4.51. The zero-order valence-corrected chi connectivity index (χ0v) is 10.7. The molecule has 19 heavy (non-hydrogen) atoms. The van der Waals surface area contributed by atoms with Crippen LogP contribution >= 0.6 is 11.8 Å². The average molecular weight is 278 g/mol. The molecule has 0 amide bonds. The van der Waals surface area contributed by atoms with Crippen molar-refractivity contribution >= 4 is 17.6 Å². The maximum Gasteiger partial charge on any atom is 0.251 e. The topological polar surface area (TPSA) is 130 Å². The van der Waals surface area contributed by atoms with E-state index in [2.05, 4.69) is 25.3 Å². The minimum atomic E-state index is -0.260. The lowest BCUT2D eigenvalue weighted by molar-refractivity contribution is 0.318. The van der Waals surface area contributed by atoms with Gasteiger partial charge in [-0.25, -0.2) is 4.98 Å². The first-order chi connectivity index (χ1) is 9.10. The van der Waals surface area contributed by atoms with Crippen molar-refractivity contribution in [1.82, 2.24) is 20.2 Å². The van der Waals surface area contributed by atoms with Crippen molar-refractivity contribution in [1.29, 1.82) is 0 Å². The van der Waals surface area contributed by atoms with Gasteiger partial charge < -0.3 is 15.9 Å². The molecule has 98 valence electrons. The van der Waals surface area contributed by atoms with Gasteiger partial charge in [-0.3, -0.25) is 4.79 Å². The van der Waals surface area contributed by atoms with Crippen LogP contribution in [0.15, 0.2) is 38.5 Å². The number of rotatable bonds is 3. The van der Waals surface area contributed by atoms with Crippen molar-refractivity contribution in [3.8, 4) is 0 Å². The molecule has 0 radical (unpaired) electrons. The maximum absolute atomic E-state index is 11.3. The summed E-state index contributed by atoms with van der Waals surface area (Å²) in [5, 5.41) is 20.0. The third-order valence-electron chi connectivity index (χ3n) is 2.11. The molecule has 0 unspecified atom stereocenters. The average Bonchev–Trinajstić information content (AvgIpc) is 2.37. The Morgan fingerprint density at radius 3 is 3.05 bits per heavy atom. The molecule has 2 heterocycles. The third-order valence-corrected chi connectivity index (χ3v) is 2.99. The van der Waals surface area contributed by atoms with E-state index >= 15 is 0 Å². The summed E-state index contributed by atoms with van der Waals surface area (Å²) in [4.78, 5) is 18.1. The van der Waals surface area contributed by atoms with E-state index in [9.17, 15) is 4.79 Å². The van der Waals surface area contributed by atoms with Gasteiger partial charge in [0, 0.05) is 11.8 Å². The highest BCUT2D eigenvalue weighted by atomic mass is 32.2. The molecule has 8 nitrogen and oxygen atoms in total. The van der Waals surface area contributed by atoms with Gasteiger partial charge in [-0.15, -0.1) is 5.10 Å². The Morgan fingerprint density at radius 1 is 1.58 bits per heavy atom. The maximum atomic E-state index is 11.3. The predicted molar refractivity (Wildman–Crippen MR) is 68.3 cm³/mol. The molecule has 0 fully saturated rings. The molecule has 2 aromatic heterocycles. The second kappa shape index (κ2) is 5.48. The Bertz CT molecular complexity index is 684. The number of oxime groups is 1. The molecule has 0 aliphatic carbocycles. The number of hydrogen-bond acceptors (Lipinski definition) is 7. The van der Waals surface area contributed by atoms with Crippen LogP contribution in [-0.4, -0.2) is 31.2 Å². The molecule has 2 rings (SSSR count). The summed E-state index contributed by atoms with van der Waals surface area (Å²) in [6, 6.07) is 2.93. The standard InChI is InChI=1S/C10H10N6O2S/c1-5-4-7(17)14-10(13-5)19-9-6(8(11)16-18)2-3-12-15-9/h2-4,18H,1H3,(H2,11,16)(H,13,14,17). The highest BCUT2D eigenvalue weighted by Gasteiger charge is 2.12. The van der Waals surface area contributed by atoms with Gasteiger partial charge in [0.15, 0.2) is 11.0 Å². The second-order valence-electron chi connectivity index (χ2n) is 3.53. The number of aryl methyl sites for hydroxylation is 1. The van der Waals surface area contributed by atoms with Crippen molar-refractivity contribution in [3.63, 3.8) is 0 Å². The number of nitrogens with one attached hydrogen (secondary N) is 1. The summed E-state index contributed by atoms with van der Waals surface area (Å²) in [5.74, 6) is -0.0904. The first kappa shape index (κ1) is 13.0. The van der Waals surface area contributed by atoms with Gasteiger partial charge in [0.1, 0.15) is 5.03 Å². The number of aromatic amines is 1. The van der Waals surface area contributed by atoms with Crippen LogP contribution in [-0.2, 0) is 0 Å². The van der Waals surface area contributed by atoms with E-state index in [0.717, 1.165) is 11.8 Å². The molecule has 4 N–H and O–H groups in total. The van der Waals surface area contributed by atoms with Gasteiger partial charge in [0.2, 0.25) is 0 Å². The van der Waals surface area contributed by atoms with Crippen LogP contribution < -0.4 is 11.3 Å². The van der Waals surface area contributed by atoms with Crippen LogP contribution in [0.5, 0.6) is 0 Å². The fourth-order valence-electron chi connectivity index (χ4n) is 1.33. The minimum absolute atomic E-state index is 0.0904. The van der Waals surface area contributed by atoms with E-state index in [1.807, 2.05) is 0 Å². The van der Waals surface area contributed by atoms with Crippen LogP contribution in [0.2, 0.25) is 0 Å². The highest BCUT2D eigenvalue weighted by molar-refractivity contribution is 7.99. The van der Waals surface area contributed by atoms with Crippen molar-refractivity contribution in [2.45, 2.75) is 17.1 Å². The number of H-pyrrole nitrogens is 1.